The van der Waals surface area contributed by atoms with E-state index in [1.807, 2.05) is 0 Å². The van der Waals surface area contributed by atoms with E-state index in [0.29, 0.717) is 5.82 Å². The van der Waals surface area contributed by atoms with Gasteiger partial charge in [-0.25, -0.2) is 9.67 Å². The van der Waals surface area contributed by atoms with Gasteiger partial charge in [0.25, 0.3) is 0 Å². The van der Waals surface area contributed by atoms with Crippen molar-refractivity contribution in [2.24, 2.45) is 0 Å². The van der Waals surface area contributed by atoms with E-state index in [1.165, 1.54) is 18.2 Å². The van der Waals surface area contributed by atoms with Crippen molar-refractivity contribution < 1.29 is 22.7 Å². The van der Waals surface area contributed by atoms with Crippen LogP contribution in [-0.2, 0) is 22.1 Å². The summed E-state index contributed by atoms with van der Waals surface area (Å²) < 4.78 is 45.8. The molecule has 1 aromatic heterocycles. The van der Waals surface area contributed by atoms with Crippen LogP contribution < -0.4 is 0 Å². The van der Waals surface area contributed by atoms with Crippen LogP contribution >= 0.6 is 0 Å². The summed E-state index contributed by atoms with van der Waals surface area (Å²) in [5.74, 6) is 0.251. The van der Waals surface area contributed by atoms with Crippen molar-refractivity contribution in [1.82, 2.24) is 14.8 Å². The average Bonchev–Trinajstić information content (AvgIpc) is 3.28. The molecule has 0 saturated heterocycles. The Morgan fingerprint density at radius 2 is 2.04 bits per heavy atom. The summed E-state index contributed by atoms with van der Waals surface area (Å²) in [5.41, 5.74) is -0.953. The van der Waals surface area contributed by atoms with Gasteiger partial charge in [-0.15, -0.1) is 0 Å². The van der Waals surface area contributed by atoms with Crippen LogP contribution in [0.1, 0.15) is 42.9 Å². The molecule has 128 valence electrons. The zero-order chi connectivity index (χ0) is 17.3. The molecular formula is C16H16F3N3O2. The fourth-order valence-electron chi connectivity index (χ4n) is 2.42. The quantitative estimate of drug-likeness (QED) is 0.785. The molecule has 0 bridgehead atoms. The first kappa shape index (κ1) is 16.5. The highest BCUT2D eigenvalue weighted by Gasteiger charge is 2.36. The Kier molecular flexibility index (Phi) is 4.29. The summed E-state index contributed by atoms with van der Waals surface area (Å²) in [4.78, 5) is 16.0. The number of ether oxygens (including phenoxy) is 1. The summed E-state index contributed by atoms with van der Waals surface area (Å²) >= 11 is 0. The molecule has 0 radical (unpaired) electrons. The van der Waals surface area contributed by atoms with Gasteiger partial charge in [0.05, 0.1) is 17.9 Å². The molecule has 24 heavy (non-hydrogen) atoms. The monoisotopic (exact) mass is 339 g/mol. The van der Waals surface area contributed by atoms with E-state index in [0.717, 1.165) is 23.6 Å². The van der Waals surface area contributed by atoms with Crippen molar-refractivity contribution in [1.29, 1.82) is 0 Å². The van der Waals surface area contributed by atoms with Gasteiger partial charge in [-0.2, -0.15) is 18.3 Å². The number of carbonyl (C=O) groups is 1. The Morgan fingerprint density at radius 1 is 1.33 bits per heavy atom. The number of hydrogen-bond donors (Lipinski definition) is 0. The van der Waals surface area contributed by atoms with Gasteiger partial charge in [0, 0.05) is 5.92 Å². The summed E-state index contributed by atoms with van der Waals surface area (Å²) in [7, 11) is 0. The van der Waals surface area contributed by atoms with Crippen molar-refractivity contribution in [3.8, 4) is 5.69 Å². The second kappa shape index (κ2) is 6.26. The molecule has 3 rings (SSSR count). The molecule has 0 amide bonds. The van der Waals surface area contributed by atoms with E-state index in [9.17, 15) is 18.0 Å². The molecule has 1 saturated carbocycles. The molecule has 0 spiro atoms. The predicted octanol–water partition coefficient (Wildman–Crippen LogP) is 3.27. The van der Waals surface area contributed by atoms with E-state index in [1.54, 1.807) is 6.92 Å². The van der Waals surface area contributed by atoms with E-state index in [2.05, 4.69) is 10.1 Å². The Balaban J connectivity index is 2.05. The van der Waals surface area contributed by atoms with Crippen LogP contribution in [0.5, 0.6) is 0 Å². The van der Waals surface area contributed by atoms with Crippen LogP contribution in [-0.4, -0.2) is 27.3 Å². The average molecular weight is 339 g/mol. The molecule has 8 heteroatoms. The first-order valence-corrected chi connectivity index (χ1v) is 7.68. The molecule has 1 heterocycles. The topological polar surface area (TPSA) is 57.0 Å². The zero-order valence-electron chi connectivity index (χ0n) is 13.0. The second-order valence-corrected chi connectivity index (χ2v) is 5.57. The minimum absolute atomic E-state index is 0.135. The van der Waals surface area contributed by atoms with E-state index < -0.39 is 17.7 Å². The number of esters is 1. The van der Waals surface area contributed by atoms with Gasteiger partial charge in [-0.1, -0.05) is 12.1 Å². The molecular weight excluding hydrogens is 323 g/mol. The number of alkyl halides is 3. The molecule has 0 N–H and O–H groups in total. The maximum Gasteiger partial charge on any atom is 0.418 e. The minimum Gasteiger partial charge on any atom is -0.466 e. The number of carbonyl (C=O) groups excluding carboxylic acids is 1. The maximum absolute atomic E-state index is 13.3. The molecule has 5 nitrogen and oxygen atoms in total. The fraction of sp³-hybridized carbons (Fsp3) is 0.438. The summed E-state index contributed by atoms with van der Waals surface area (Å²) in [6.07, 6.45) is -2.93. The molecule has 1 aliphatic rings. The van der Waals surface area contributed by atoms with E-state index in [4.69, 9.17) is 4.74 Å². The number of nitrogens with zero attached hydrogens (tertiary/aromatic N) is 3. The number of rotatable bonds is 5. The lowest BCUT2D eigenvalue weighted by Gasteiger charge is -2.13. The molecule has 1 fully saturated rings. The van der Waals surface area contributed by atoms with Gasteiger partial charge >= 0.3 is 12.1 Å². The highest BCUT2D eigenvalue weighted by molar-refractivity contribution is 5.71. The third-order valence-corrected chi connectivity index (χ3v) is 3.68. The SMILES string of the molecule is CCOC(=O)Cc1nc(C2CC2)nn1-c1ccccc1C(F)(F)F. The van der Waals surface area contributed by atoms with Crippen LogP contribution in [0.4, 0.5) is 13.2 Å². The zero-order valence-corrected chi connectivity index (χ0v) is 13.0. The highest BCUT2D eigenvalue weighted by atomic mass is 19.4. The number of halogens is 3. The maximum atomic E-state index is 13.3. The smallest absolute Gasteiger partial charge is 0.418 e. The normalized spacial score (nSPS) is 14.7. The molecule has 0 aliphatic heterocycles. The summed E-state index contributed by atoms with van der Waals surface area (Å²) in [6.45, 7) is 1.86. The lowest BCUT2D eigenvalue weighted by atomic mass is 10.1. The van der Waals surface area contributed by atoms with Crippen LogP contribution in [0.25, 0.3) is 5.69 Å². The van der Waals surface area contributed by atoms with Gasteiger partial charge in [0.1, 0.15) is 12.2 Å². The Labute approximate surface area is 136 Å². The van der Waals surface area contributed by atoms with Crippen molar-refractivity contribution >= 4 is 5.97 Å². The first-order valence-electron chi connectivity index (χ1n) is 7.68. The van der Waals surface area contributed by atoms with Gasteiger partial charge in [0.15, 0.2) is 5.82 Å². The van der Waals surface area contributed by atoms with Crippen LogP contribution in [0.15, 0.2) is 24.3 Å². The van der Waals surface area contributed by atoms with E-state index >= 15 is 0 Å². The lowest BCUT2D eigenvalue weighted by Crippen LogP contribution is -2.16. The lowest BCUT2D eigenvalue weighted by molar-refractivity contribution is -0.142. The summed E-state index contributed by atoms with van der Waals surface area (Å²) in [5, 5.41) is 4.23. The standard InChI is InChI=1S/C16H16F3N3O2/c1-2-24-14(23)9-13-20-15(10-7-8-10)21-22(13)12-6-4-3-5-11(12)16(17,18)19/h3-6,10H,2,7-9H2,1H3. The molecule has 2 aromatic rings. The number of benzene rings is 1. The molecule has 1 aromatic carbocycles. The number of para-hydroxylation sites is 1. The number of aromatic nitrogens is 3. The molecule has 1 aliphatic carbocycles. The van der Waals surface area contributed by atoms with E-state index in [-0.39, 0.29) is 30.5 Å². The number of hydrogen-bond acceptors (Lipinski definition) is 4. The molecule has 0 atom stereocenters. The summed E-state index contributed by atoms with van der Waals surface area (Å²) in [6, 6.07) is 5.12. The van der Waals surface area contributed by atoms with Crippen LogP contribution in [0, 0.1) is 0 Å². The van der Waals surface area contributed by atoms with Crippen molar-refractivity contribution in [2.45, 2.75) is 38.3 Å². The highest BCUT2D eigenvalue weighted by Crippen LogP contribution is 2.39. The Morgan fingerprint density at radius 3 is 2.67 bits per heavy atom. The largest absolute Gasteiger partial charge is 0.466 e. The van der Waals surface area contributed by atoms with Crippen LogP contribution in [0.3, 0.4) is 0 Å². The fourth-order valence-corrected chi connectivity index (χ4v) is 2.42. The molecule has 0 unspecified atom stereocenters. The third-order valence-electron chi connectivity index (χ3n) is 3.68. The predicted molar refractivity (Wildman–Crippen MR) is 78.7 cm³/mol. The van der Waals surface area contributed by atoms with Crippen molar-refractivity contribution in [3.05, 3.63) is 41.5 Å². The van der Waals surface area contributed by atoms with Crippen molar-refractivity contribution in [2.75, 3.05) is 6.61 Å². The Bertz CT molecular complexity index is 751. The van der Waals surface area contributed by atoms with Crippen molar-refractivity contribution in [3.63, 3.8) is 0 Å². The van der Waals surface area contributed by atoms with Crippen LogP contribution in [0.2, 0.25) is 0 Å². The van der Waals surface area contributed by atoms with Gasteiger partial charge < -0.3 is 4.74 Å². The van der Waals surface area contributed by atoms with Gasteiger partial charge in [-0.05, 0) is 31.9 Å². The third kappa shape index (κ3) is 3.42. The minimum atomic E-state index is -4.52. The van der Waals surface area contributed by atoms with Gasteiger partial charge in [0.2, 0.25) is 0 Å². The van der Waals surface area contributed by atoms with Gasteiger partial charge in [-0.3, -0.25) is 4.79 Å². The first-order chi connectivity index (χ1) is 11.4. The second-order valence-electron chi connectivity index (χ2n) is 5.57. The Hall–Kier alpha value is -2.38.